The molecule has 0 saturated heterocycles. The Balaban J connectivity index is 2.28. The summed E-state index contributed by atoms with van der Waals surface area (Å²) in [6.45, 7) is 0. The Labute approximate surface area is 132 Å². The van der Waals surface area contributed by atoms with E-state index in [1.807, 2.05) is 0 Å². The Kier molecular flexibility index (Phi) is 4.68. The molecule has 0 aliphatic rings. The molecule has 2 aromatic rings. The summed E-state index contributed by atoms with van der Waals surface area (Å²) in [5.74, 6) is -0.386. The zero-order valence-electron chi connectivity index (χ0n) is 9.16. The van der Waals surface area contributed by atoms with Crippen LogP contribution in [0.3, 0.4) is 0 Å². The lowest BCUT2D eigenvalue weighted by Crippen LogP contribution is -2.11. The van der Waals surface area contributed by atoms with Gasteiger partial charge in [-0.2, -0.15) is 0 Å². The van der Waals surface area contributed by atoms with Crippen LogP contribution in [0.2, 0.25) is 15.2 Å². The molecule has 2 rings (SSSR count). The van der Waals surface area contributed by atoms with Gasteiger partial charge in [-0.05, 0) is 46.3 Å². The van der Waals surface area contributed by atoms with Crippen LogP contribution in [-0.4, -0.2) is 11.0 Å². The van der Waals surface area contributed by atoms with Crippen LogP contribution >= 0.6 is 50.7 Å². The fourth-order valence-electron chi connectivity index (χ4n) is 1.27. The first-order chi connectivity index (χ1) is 8.97. The Morgan fingerprint density at radius 3 is 2.58 bits per heavy atom. The van der Waals surface area contributed by atoms with Crippen LogP contribution < -0.4 is 4.74 Å². The molecule has 1 heterocycles. The second-order valence-electron chi connectivity index (χ2n) is 3.43. The van der Waals surface area contributed by atoms with Crippen LogP contribution in [0.5, 0.6) is 5.75 Å². The molecule has 7 heteroatoms. The number of hydrogen-bond donors (Lipinski definition) is 0. The lowest BCUT2D eigenvalue weighted by atomic mass is 10.3. The minimum atomic E-state index is -0.699. The van der Waals surface area contributed by atoms with Crippen LogP contribution in [0.15, 0.2) is 34.8 Å². The van der Waals surface area contributed by atoms with Gasteiger partial charge in [0.1, 0.15) is 10.9 Å². The zero-order valence-corrected chi connectivity index (χ0v) is 13.0. The van der Waals surface area contributed by atoms with E-state index in [-0.39, 0.29) is 15.9 Å². The molecule has 19 heavy (non-hydrogen) atoms. The van der Waals surface area contributed by atoms with Gasteiger partial charge in [-0.15, -0.1) is 0 Å². The number of carbonyl (C=O) groups is 1. The van der Waals surface area contributed by atoms with E-state index in [0.29, 0.717) is 15.2 Å². The van der Waals surface area contributed by atoms with Crippen molar-refractivity contribution < 1.29 is 9.53 Å². The van der Waals surface area contributed by atoms with E-state index in [1.54, 1.807) is 18.2 Å². The Hall–Kier alpha value is -0.810. The average Bonchev–Trinajstić information content (AvgIpc) is 2.35. The molecular weight excluding hydrogens is 376 g/mol. The molecular formula is C12H5BrCl3NO2. The summed E-state index contributed by atoms with van der Waals surface area (Å²) in [7, 11) is 0. The number of carbonyl (C=O) groups excluding carboxylic acids is 1. The van der Waals surface area contributed by atoms with Gasteiger partial charge in [0.25, 0.3) is 0 Å². The molecule has 0 N–H and O–H groups in total. The van der Waals surface area contributed by atoms with Crippen molar-refractivity contribution in [3.05, 3.63) is 55.7 Å². The number of hydrogen-bond acceptors (Lipinski definition) is 3. The summed E-state index contributed by atoms with van der Waals surface area (Å²) in [5.41, 5.74) is -0.0454. The largest absolute Gasteiger partial charge is 0.421 e. The predicted molar refractivity (Wildman–Crippen MR) is 78.4 cm³/mol. The number of aromatic nitrogens is 1. The third-order valence-corrected chi connectivity index (χ3v) is 3.47. The van der Waals surface area contributed by atoms with E-state index in [1.165, 1.54) is 12.1 Å². The quantitative estimate of drug-likeness (QED) is 0.416. The normalized spacial score (nSPS) is 10.3. The minimum Gasteiger partial charge on any atom is -0.421 e. The van der Waals surface area contributed by atoms with Gasteiger partial charge in [0.05, 0.1) is 9.50 Å². The van der Waals surface area contributed by atoms with Crippen molar-refractivity contribution in [2.75, 3.05) is 0 Å². The molecule has 1 aromatic carbocycles. The summed E-state index contributed by atoms with van der Waals surface area (Å²) in [4.78, 5) is 15.8. The molecule has 3 nitrogen and oxygen atoms in total. The molecule has 1 aromatic heterocycles. The van der Waals surface area contributed by atoms with Crippen molar-refractivity contribution in [2.24, 2.45) is 0 Å². The number of pyridine rings is 1. The van der Waals surface area contributed by atoms with Crippen LogP contribution in [0.4, 0.5) is 0 Å². The number of halogens is 4. The summed E-state index contributed by atoms with van der Waals surface area (Å²) in [6.07, 6.45) is 0. The average molecular weight is 381 g/mol. The second-order valence-corrected chi connectivity index (χ2v) is 5.51. The van der Waals surface area contributed by atoms with E-state index in [9.17, 15) is 4.79 Å². The van der Waals surface area contributed by atoms with Gasteiger partial charge in [0.2, 0.25) is 0 Å². The van der Waals surface area contributed by atoms with Gasteiger partial charge in [-0.3, -0.25) is 0 Å². The number of nitrogens with zero attached hydrogens (tertiary/aromatic N) is 1. The molecule has 0 radical (unpaired) electrons. The monoisotopic (exact) mass is 379 g/mol. The van der Waals surface area contributed by atoms with Crippen molar-refractivity contribution in [2.45, 2.75) is 0 Å². The first-order valence-corrected chi connectivity index (χ1v) is 6.89. The topological polar surface area (TPSA) is 39.2 Å². The van der Waals surface area contributed by atoms with Gasteiger partial charge in [0, 0.05) is 5.02 Å². The number of rotatable bonds is 2. The first-order valence-electron chi connectivity index (χ1n) is 4.96. The molecule has 0 amide bonds. The van der Waals surface area contributed by atoms with Gasteiger partial charge in [0.15, 0.2) is 5.69 Å². The molecule has 0 bridgehead atoms. The highest BCUT2D eigenvalue weighted by Crippen LogP contribution is 2.29. The summed E-state index contributed by atoms with van der Waals surface area (Å²) >= 11 is 20.6. The molecule has 0 spiro atoms. The highest BCUT2D eigenvalue weighted by molar-refractivity contribution is 9.10. The van der Waals surface area contributed by atoms with Crippen LogP contribution in [0.25, 0.3) is 0 Å². The molecule has 0 atom stereocenters. The molecule has 0 aliphatic carbocycles. The lowest BCUT2D eigenvalue weighted by Gasteiger charge is -2.07. The van der Waals surface area contributed by atoms with Gasteiger partial charge in [-0.25, -0.2) is 9.78 Å². The van der Waals surface area contributed by atoms with Gasteiger partial charge >= 0.3 is 5.97 Å². The third-order valence-electron chi connectivity index (χ3n) is 2.10. The van der Waals surface area contributed by atoms with E-state index < -0.39 is 5.97 Å². The maximum absolute atomic E-state index is 11.9. The maximum atomic E-state index is 11.9. The Morgan fingerprint density at radius 2 is 1.89 bits per heavy atom. The number of benzene rings is 1. The third kappa shape index (κ3) is 3.60. The fourth-order valence-corrected chi connectivity index (χ4v) is 2.36. The standard InChI is InChI=1S/C12H5BrCl3NO2/c13-7-5-6(14)1-3-9(7)19-12(18)11-8(15)2-4-10(16)17-11/h1-5H. The first kappa shape index (κ1) is 14.6. The van der Waals surface area contributed by atoms with Crippen molar-refractivity contribution in [1.29, 1.82) is 0 Å². The van der Waals surface area contributed by atoms with Crippen molar-refractivity contribution in [3.8, 4) is 5.75 Å². The molecule has 0 aliphatic heterocycles. The van der Waals surface area contributed by atoms with Crippen LogP contribution in [-0.2, 0) is 0 Å². The van der Waals surface area contributed by atoms with Gasteiger partial charge in [-0.1, -0.05) is 34.8 Å². The molecule has 0 saturated carbocycles. The summed E-state index contributed by atoms with van der Waals surface area (Å²) in [5, 5.41) is 0.844. The predicted octanol–water partition coefficient (Wildman–Crippen LogP) is 5.02. The second kappa shape index (κ2) is 6.09. The van der Waals surface area contributed by atoms with Crippen LogP contribution in [0.1, 0.15) is 10.5 Å². The van der Waals surface area contributed by atoms with Crippen molar-refractivity contribution >= 4 is 56.7 Å². The van der Waals surface area contributed by atoms with Crippen LogP contribution in [0, 0.1) is 0 Å². The van der Waals surface area contributed by atoms with Crippen molar-refractivity contribution in [1.82, 2.24) is 4.98 Å². The summed E-state index contributed by atoms with van der Waals surface area (Å²) in [6, 6.07) is 7.73. The lowest BCUT2D eigenvalue weighted by molar-refractivity contribution is 0.0727. The fraction of sp³-hybridized carbons (Fsp3) is 0. The number of ether oxygens (including phenoxy) is 1. The number of esters is 1. The van der Waals surface area contributed by atoms with E-state index in [4.69, 9.17) is 39.5 Å². The van der Waals surface area contributed by atoms with Crippen molar-refractivity contribution in [3.63, 3.8) is 0 Å². The molecule has 0 fully saturated rings. The van der Waals surface area contributed by atoms with E-state index in [0.717, 1.165) is 0 Å². The maximum Gasteiger partial charge on any atom is 0.363 e. The smallest absolute Gasteiger partial charge is 0.363 e. The molecule has 0 unspecified atom stereocenters. The Bertz CT molecular complexity index is 649. The van der Waals surface area contributed by atoms with E-state index >= 15 is 0 Å². The Morgan fingerprint density at radius 1 is 1.16 bits per heavy atom. The minimum absolute atomic E-state index is 0.0454. The SMILES string of the molecule is O=C(Oc1ccc(Cl)cc1Br)c1nc(Cl)ccc1Cl. The van der Waals surface area contributed by atoms with E-state index in [2.05, 4.69) is 20.9 Å². The molecule has 98 valence electrons. The highest BCUT2D eigenvalue weighted by atomic mass is 79.9. The highest BCUT2D eigenvalue weighted by Gasteiger charge is 2.16. The van der Waals surface area contributed by atoms with Gasteiger partial charge < -0.3 is 4.74 Å². The zero-order chi connectivity index (χ0) is 14.0. The summed E-state index contributed by atoms with van der Waals surface area (Å²) < 4.78 is 5.72.